The van der Waals surface area contributed by atoms with E-state index in [1.165, 1.54) is 14.0 Å². The van der Waals surface area contributed by atoms with Gasteiger partial charge in [0.25, 0.3) is 0 Å². The quantitative estimate of drug-likeness (QED) is 0.474. The van der Waals surface area contributed by atoms with Crippen LogP contribution in [0.1, 0.15) is 27.2 Å². The molecule has 0 heterocycles. The lowest BCUT2D eigenvalue weighted by Crippen LogP contribution is -2.36. The highest BCUT2D eigenvalue weighted by molar-refractivity contribution is 5.76. The highest BCUT2D eigenvalue weighted by Gasteiger charge is 2.18. The number of esters is 1. The monoisotopic (exact) mass is 245 g/mol. The lowest BCUT2D eigenvalue weighted by Gasteiger charge is -2.23. The van der Waals surface area contributed by atoms with Crippen LogP contribution in [0.4, 0.5) is 0 Å². The van der Waals surface area contributed by atoms with Gasteiger partial charge in [0.15, 0.2) is 0 Å². The summed E-state index contributed by atoms with van der Waals surface area (Å²) in [7, 11) is 1.35. The summed E-state index contributed by atoms with van der Waals surface area (Å²) in [6.45, 7) is 7.51. The lowest BCUT2D eigenvalue weighted by atomic mass is 10.1. The first-order valence-electron chi connectivity index (χ1n) is 5.94. The van der Waals surface area contributed by atoms with Gasteiger partial charge in [0.2, 0.25) is 5.91 Å². The number of hydrogen-bond donors (Lipinski definition) is 0. The minimum Gasteiger partial charge on any atom is -0.469 e. The molecular weight excluding hydrogens is 222 g/mol. The van der Waals surface area contributed by atoms with Crippen LogP contribution >= 0.6 is 0 Å². The largest absolute Gasteiger partial charge is 0.469 e. The fraction of sp³-hybridized carbons (Fsp3) is 0.833. The summed E-state index contributed by atoms with van der Waals surface area (Å²) in [6, 6.07) is 0. The molecule has 0 bridgehead atoms. The molecule has 5 heteroatoms. The number of rotatable bonds is 8. The molecule has 0 aromatic carbocycles. The Labute approximate surface area is 103 Å². The number of nitrogens with zero attached hydrogens (tertiary/aromatic N) is 1. The number of carbonyl (C=O) groups excluding carboxylic acids is 2. The van der Waals surface area contributed by atoms with E-state index in [0.29, 0.717) is 26.3 Å². The first-order chi connectivity index (χ1) is 8.02. The van der Waals surface area contributed by atoms with Crippen LogP contribution in [0.2, 0.25) is 0 Å². The third-order valence-corrected chi connectivity index (χ3v) is 2.46. The van der Waals surface area contributed by atoms with Crippen molar-refractivity contribution in [3.8, 4) is 0 Å². The maximum Gasteiger partial charge on any atom is 0.310 e. The lowest BCUT2D eigenvalue weighted by molar-refractivity contribution is -0.146. The average molecular weight is 245 g/mol. The minimum absolute atomic E-state index is 0.0303. The second-order valence-corrected chi connectivity index (χ2v) is 3.94. The molecule has 0 aliphatic heterocycles. The van der Waals surface area contributed by atoms with E-state index in [1.54, 1.807) is 11.8 Å². The molecule has 100 valence electrons. The molecular formula is C12H23NO4. The van der Waals surface area contributed by atoms with Crippen molar-refractivity contribution in [2.75, 3.05) is 33.4 Å². The molecule has 5 nitrogen and oxygen atoms in total. The molecule has 0 N–H and O–H groups in total. The fourth-order valence-corrected chi connectivity index (χ4v) is 1.49. The van der Waals surface area contributed by atoms with E-state index in [1.807, 2.05) is 6.92 Å². The van der Waals surface area contributed by atoms with Gasteiger partial charge in [-0.1, -0.05) is 6.92 Å². The van der Waals surface area contributed by atoms with Gasteiger partial charge in [-0.25, -0.2) is 0 Å². The summed E-state index contributed by atoms with van der Waals surface area (Å²) >= 11 is 0. The van der Waals surface area contributed by atoms with Gasteiger partial charge in [-0.15, -0.1) is 0 Å². The van der Waals surface area contributed by atoms with Crippen LogP contribution in [0.3, 0.4) is 0 Å². The second kappa shape index (κ2) is 8.98. The van der Waals surface area contributed by atoms with Gasteiger partial charge in [0, 0.05) is 33.2 Å². The first kappa shape index (κ1) is 15.9. The van der Waals surface area contributed by atoms with E-state index in [4.69, 9.17) is 4.74 Å². The van der Waals surface area contributed by atoms with Crippen molar-refractivity contribution in [3.05, 3.63) is 0 Å². The first-order valence-corrected chi connectivity index (χ1v) is 5.94. The molecule has 17 heavy (non-hydrogen) atoms. The molecule has 0 unspecified atom stereocenters. The van der Waals surface area contributed by atoms with Crippen molar-refractivity contribution in [2.24, 2.45) is 5.92 Å². The zero-order valence-electron chi connectivity index (χ0n) is 11.2. The van der Waals surface area contributed by atoms with Crippen LogP contribution in [-0.4, -0.2) is 50.2 Å². The Morgan fingerprint density at radius 2 is 2.00 bits per heavy atom. The second-order valence-electron chi connectivity index (χ2n) is 3.94. The Kier molecular flexibility index (Phi) is 8.40. The molecule has 0 aromatic rings. The normalized spacial score (nSPS) is 12.0. The summed E-state index contributed by atoms with van der Waals surface area (Å²) < 4.78 is 9.84. The van der Waals surface area contributed by atoms with Crippen LogP contribution in [0, 0.1) is 5.92 Å². The molecule has 0 radical (unpaired) electrons. The Balaban J connectivity index is 4.06. The third kappa shape index (κ3) is 6.94. The highest BCUT2D eigenvalue weighted by Crippen LogP contribution is 2.04. The molecule has 0 saturated carbocycles. The molecule has 0 aliphatic carbocycles. The van der Waals surface area contributed by atoms with Gasteiger partial charge >= 0.3 is 5.97 Å². The van der Waals surface area contributed by atoms with Gasteiger partial charge in [0.1, 0.15) is 0 Å². The van der Waals surface area contributed by atoms with Crippen molar-refractivity contribution < 1.29 is 19.1 Å². The predicted octanol–water partition coefficient (Wildman–Crippen LogP) is 1.07. The molecule has 0 fully saturated rings. The molecule has 0 aliphatic rings. The summed E-state index contributed by atoms with van der Waals surface area (Å²) in [5.74, 6) is -0.616. The molecule has 0 spiro atoms. The standard InChI is InChI=1S/C12H23NO4/c1-5-17-8-6-7-13(11(3)14)9-10(2)12(15)16-4/h10H,5-9H2,1-4H3/t10-/m0/s1. The van der Waals surface area contributed by atoms with Crippen LogP contribution in [0.5, 0.6) is 0 Å². The van der Waals surface area contributed by atoms with E-state index in [0.717, 1.165) is 6.42 Å². The number of ether oxygens (including phenoxy) is 2. The van der Waals surface area contributed by atoms with E-state index in [2.05, 4.69) is 4.74 Å². The van der Waals surface area contributed by atoms with Crippen molar-refractivity contribution in [1.29, 1.82) is 0 Å². The molecule has 0 rings (SSSR count). The average Bonchev–Trinajstić information content (AvgIpc) is 2.31. The van der Waals surface area contributed by atoms with Crippen molar-refractivity contribution in [2.45, 2.75) is 27.2 Å². The van der Waals surface area contributed by atoms with Crippen molar-refractivity contribution >= 4 is 11.9 Å². The number of carbonyl (C=O) groups is 2. The van der Waals surface area contributed by atoms with Crippen LogP contribution in [-0.2, 0) is 19.1 Å². The topological polar surface area (TPSA) is 55.8 Å². The Morgan fingerprint density at radius 3 is 2.47 bits per heavy atom. The SMILES string of the molecule is CCOCCCN(C[C@H](C)C(=O)OC)C(C)=O. The van der Waals surface area contributed by atoms with Crippen LogP contribution in [0.15, 0.2) is 0 Å². The van der Waals surface area contributed by atoms with Gasteiger partial charge < -0.3 is 14.4 Å². The molecule has 0 saturated heterocycles. The maximum atomic E-state index is 11.4. The smallest absolute Gasteiger partial charge is 0.310 e. The highest BCUT2D eigenvalue weighted by atomic mass is 16.5. The summed E-state index contributed by atoms with van der Waals surface area (Å²) in [6.07, 6.45) is 0.779. The molecule has 1 atom stereocenters. The van der Waals surface area contributed by atoms with Crippen molar-refractivity contribution in [3.63, 3.8) is 0 Å². The van der Waals surface area contributed by atoms with Gasteiger partial charge in [0.05, 0.1) is 13.0 Å². The number of amides is 1. The zero-order valence-corrected chi connectivity index (χ0v) is 11.2. The minimum atomic E-state index is -0.295. The predicted molar refractivity (Wildman–Crippen MR) is 64.5 cm³/mol. The van der Waals surface area contributed by atoms with E-state index < -0.39 is 0 Å². The van der Waals surface area contributed by atoms with E-state index >= 15 is 0 Å². The fourth-order valence-electron chi connectivity index (χ4n) is 1.49. The molecule has 1 amide bonds. The third-order valence-electron chi connectivity index (χ3n) is 2.46. The summed E-state index contributed by atoms with van der Waals surface area (Å²) in [4.78, 5) is 24.3. The van der Waals surface area contributed by atoms with Gasteiger partial charge in [-0.3, -0.25) is 9.59 Å². The Bertz CT molecular complexity index is 243. The number of hydrogen-bond acceptors (Lipinski definition) is 4. The zero-order chi connectivity index (χ0) is 13.3. The van der Waals surface area contributed by atoms with Gasteiger partial charge in [-0.2, -0.15) is 0 Å². The Hall–Kier alpha value is -1.10. The van der Waals surface area contributed by atoms with E-state index in [-0.39, 0.29) is 17.8 Å². The van der Waals surface area contributed by atoms with Gasteiger partial charge in [-0.05, 0) is 13.3 Å². The van der Waals surface area contributed by atoms with Crippen molar-refractivity contribution in [1.82, 2.24) is 4.90 Å². The maximum absolute atomic E-state index is 11.4. The molecule has 0 aromatic heterocycles. The number of methoxy groups -OCH3 is 1. The van der Waals surface area contributed by atoms with Crippen LogP contribution in [0.25, 0.3) is 0 Å². The summed E-state index contributed by atoms with van der Waals surface area (Å²) in [5.41, 5.74) is 0. The summed E-state index contributed by atoms with van der Waals surface area (Å²) in [5, 5.41) is 0. The van der Waals surface area contributed by atoms with Crippen LogP contribution < -0.4 is 0 Å². The van der Waals surface area contributed by atoms with E-state index in [9.17, 15) is 9.59 Å². The Morgan fingerprint density at radius 1 is 1.35 bits per heavy atom.